The van der Waals surface area contributed by atoms with Crippen molar-refractivity contribution in [1.82, 2.24) is 0 Å². The number of hydrogen-bond acceptors (Lipinski definition) is 2. The maximum atomic E-state index is 11.4. The molecule has 0 bridgehead atoms. The molecule has 2 nitrogen and oxygen atoms in total. The molecule has 0 saturated heterocycles. The Morgan fingerprint density at radius 3 is 2.31 bits per heavy atom. The highest BCUT2D eigenvalue weighted by molar-refractivity contribution is 7.90. The maximum absolute atomic E-state index is 11.4. The van der Waals surface area contributed by atoms with Crippen molar-refractivity contribution < 1.29 is 8.42 Å². The Hall–Kier alpha value is -1.61. The lowest BCUT2D eigenvalue weighted by molar-refractivity contribution is 0.602. The van der Waals surface area contributed by atoms with Gasteiger partial charge in [-0.2, -0.15) is 0 Å². The van der Waals surface area contributed by atoms with E-state index in [0.717, 1.165) is 11.1 Å². The molecule has 0 spiro atoms. The molecule has 0 atom stereocenters. The lowest BCUT2D eigenvalue weighted by Gasteiger charge is -2.03. The van der Waals surface area contributed by atoms with Gasteiger partial charge >= 0.3 is 0 Å². The summed E-state index contributed by atoms with van der Waals surface area (Å²) in [4.78, 5) is 0.230. The quantitative estimate of drug-likeness (QED) is 0.796. The summed E-state index contributed by atoms with van der Waals surface area (Å²) in [5.74, 6) is 0. The van der Waals surface area contributed by atoms with Gasteiger partial charge in [-0.3, -0.25) is 0 Å². The van der Waals surface area contributed by atoms with Crippen molar-refractivity contribution in [3.63, 3.8) is 0 Å². The van der Waals surface area contributed by atoms with Crippen LogP contribution in [0.5, 0.6) is 0 Å². The normalized spacial score (nSPS) is 11.3. The highest BCUT2D eigenvalue weighted by atomic mass is 32.2. The number of benzene rings is 2. The second-order valence-electron chi connectivity index (χ2n) is 3.58. The van der Waals surface area contributed by atoms with Gasteiger partial charge in [0.2, 0.25) is 0 Å². The molecule has 0 heterocycles. The molecule has 2 aromatic rings. The summed E-state index contributed by atoms with van der Waals surface area (Å²) in [5, 5.41) is 0. The molecule has 0 N–H and O–H groups in total. The van der Waals surface area contributed by atoms with Crippen LogP contribution in [0.15, 0.2) is 53.4 Å². The van der Waals surface area contributed by atoms with Crippen LogP contribution in [-0.2, 0) is 9.84 Å². The summed E-state index contributed by atoms with van der Waals surface area (Å²) in [6.45, 7) is 0. The average molecular weight is 231 g/mol. The van der Waals surface area contributed by atoms with E-state index in [1.54, 1.807) is 12.1 Å². The summed E-state index contributed by atoms with van der Waals surface area (Å²) < 4.78 is 22.8. The third kappa shape index (κ3) is 2.31. The zero-order valence-electron chi connectivity index (χ0n) is 8.84. The van der Waals surface area contributed by atoms with Crippen LogP contribution >= 0.6 is 0 Å². The average Bonchev–Trinajstić information content (AvgIpc) is 2.29. The first kappa shape index (κ1) is 10.9. The first-order valence-corrected chi connectivity index (χ1v) is 6.74. The molecule has 0 fully saturated rings. The van der Waals surface area contributed by atoms with Crippen molar-refractivity contribution in [3.05, 3.63) is 54.6 Å². The Kier molecular flexibility index (Phi) is 2.79. The minimum atomic E-state index is -3.19. The highest BCUT2D eigenvalue weighted by Crippen LogP contribution is 2.21. The van der Waals surface area contributed by atoms with E-state index in [0.29, 0.717) is 0 Å². The molecular formula is C13H11O2S. The Labute approximate surface area is 95.5 Å². The summed E-state index contributed by atoms with van der Waals surface area (Å²) in [5.41, 5.74) is 1.89. The summed E-state index contributed by atoms with van der Waals surface area (Å²) in [6.07, 6.45) is 1.19. The van der Waals surface area contributed by atoms with Crippen molar-refractivity contribution in [2.24, 2.45) is 0 Å². The zero-order valence-corrected chi connectivity index (χ0v) is 9.66. The first-order valence-electron chi connectivity index (χ1n) is 4.84. The zero-order chi connectivity index (χ0) is 11.6. The van der Waals surface area contributed by atoms with E-state index >= 15 is 0 Å². The van der Waals surface area contributed by atoms with Gasteiger partial charge in [0.25, 0.3) is 0 Å². The largest absolute Gasteiger partial charge is 0.224 e. The summed E-state index contributed by atoms with van der Waals surface area (Å²) in [6, 6.07) is 17.5. The Bertz CT molecular complexity index is 586. The van der Waals surface area contributed by atoms with Crippen LogP contribution in [-0.4, -0.2) is 14.7 Å². The van der Waals surface area contributed by atoms with Crippen molar-refractivity contribution in [2.75, 3.05) is 6.26 Å². The fourth-order valence-corrected chi connectivity index (χ4v) is 2.09. The standard InChI is InChI=1S/C13H11O2S/c1-16(14,15)13-9-5-8-12(10-13)11-6-3-2-4-7-11/h2-8,10H,1H3. The molecule has 0 aromatic heterocycles. The van der Waals surface area contributed by atoms with Gasteiger partial charge in [0.1, 0.15) is 0 Å². The van der Waals surface area contributed by atoms with E-state index in [2.05, 4.69) is 6.07 Å². The van der Waals surface area contributed by atoms with E-state index in [-0.39, 0.29) is 4.90 Å². The van der Waals surface area contributed by atoms with Crippen LogP contribution in [0.4, 0.5) is 0 Å². The van der Waals surface area contributed by atoms with Gasteiger partial charge in [-0.05, 0) is 17.2 Å². The third-order valence-corrected chi connectivity index (χ3v) is 3.32. The van der Waals surface area contributed by atoms with Gasteiger partial charge in [0.05, 0.1) is 4.90 Å². The number of hydrogen-bond donors (Lipinski definition) is 0. The van der Waals surface area contributed by atoms with E-state index in [4.69, 9.17) is 0 Å². The van der Waals surface area contributed by atoms with Crippen molar-refractivity contribution >= 4 is 9.84 Å². The van der Waals surface area contributed by atoms with Crippen molar-refractivity contribution in [1.29, 1.82) is 0 Å². The molecule has 0 unspecified atom stereocenters. The SMILES string of the molecule is CS(=O)(=O)c1[c]ccc(-c2ccccc2)c1. The fourth-order valence-electron chi connectivity index (χ4n) is 1.47. The molecule has 81 valence electrons. The topological polar surface area (TPSA) is 34.1 Å². The molecule has 16 heavy (non-hydrogen) atoms. The second kappa shape index (κ2) is 4.10. The van der Waals surface area contributed by atoms with Crippen LogP contribution < -0.4 is 0 Å². The van der Waals surface area contributed by atoms with Crippen LogP contribution in [0.25, 0.3) is 11.1 Å². The van der Waals surface area contributed by atoms with Crippen molar-refractivity contribution in [2.45, 2.75) is 4.90 Å². The van der Waals surface area contributed by atoms with Crippen molar-refractivity contribution in [3.8, 4) is 11.1 Å². The summed E-state index contributed by atoms with van der Waals surface area (Å²) >= 11 is 0. The lowest BCUT2D eigenvalue weighted by Crippen LogP contribution is -1.97. The van der Waals surface area contributed by atoms with E-state index in [1.807, 2.05) is 36.4 Å². The number of rotatable bonds is 2. The molecule has 0 aliphatic rings. The van der Waals surface area contributed by atoms with E-state index < -0.39 is 9.84 Å². The Balaban J connectivity index is 2.53. The minimum Gasteiger partial charge on any atom is -0.224 e. The third-order valence-electron chi connectivity index (χ3n) is 2.28. The van der Waals surface area contributed by atoms with Crippen LogP contribution in [0.2, 0.25) is 0 Å². The second-order valence-corrected chi connectivity index (χ2v) is 5.56. The van der Waals surface area contributed by atoms with Crippen LogP contribution in [0.1, 0.15) is 0 Å². The highest BCUT2D eigenvalue weighted by Gasteiger charge is 2.08. The molecule has 2 rings (SSSR count). The lowest BCUT2D eigenvalue weighted by atomic mass is 10.1. The molecular weight excluding hydrogens is 220 g/mol. The fraction of sp³-hybridized carbons (Fsp3) is 0.0769. The predicted octanol–water partition coefficient (Wildman–Crippen LogP) is 2.56. The molecule has 3 heteroatoms. The smallest absolute Gasteiger partial charge is 0.176 e. The molecule has 2 aromatic carbocycles. The molecule has 1 radical (unpaired) electrons. The molecule has 0 saturated carbocycles. The predicted molar refractivity (Wildman–Crippen MR) is 63.8 cm³/mol. The molecule has 0 amide bonds. The number of sulfone groups is 1. The van der Waals surface area contributed by atoms with Gasteiger partial charge in [-0.15, -0.1) is 0 Å². The molecule has 0 aliphatic heterocycles. The first-order chi connectivity index (χ1) is 7.57. The van der Waals surface area contributed by atoms with Gasteiger partial charge in [0.15, 0.2) is 9.84 Å². The van der Waals surface area contributed by atoms with E-state index in [1.165, 1.54) is 6.26 Å². The summed E-state index contributed by atoms with van der Waals surface area (Å²) in [7, 11) is -3.19. The maximum Gasteiger partial charge on any atom is 0.176 e. The van der Waals surface area contributed by atoms with Gasteiger partial charge in [-0.25, -0.2) is 8.42 Å². The Morgan fingerprint density at radius 1 is 1.00 bits per heavy atom. The van der Waals surface area contributed by atoms with Gasteiger partial charge in [-0.1, -0.05) is 42.5 Å². The van der Waals surface area contributed by atoms with Crippen LogP contribution in [0, 0.1) is 6.07 Å². The Morgan fingerprint density at radius 2 is 1.69 bits per heavy atom. The minimum absolute atomic E-state index is 0.230. The molecule has 0 aliphatic carbocycles. The van der Waals surface area contributed by atoms with E-state index in [9.17, 15) is 8.42 Å². The van der Waals surface area contributed by atoms with Gasteiger partial charge in [0, 0.05) is 12.3 Å². The van der Waals surface area contributed by atoms with Crippen LogP contribution in [0.3, 0.4) is 0 Å². The monoisotopic (exact) mass is 231 g/mol. The van der Waals surface area contributed by atoms with Gasteiger partial charge < -0.3 is 0 Å².